The van der Waals surface area contributed by atoms with Crippen LogP contribution in [0.15, 0.2) is 12.1 Å². The van der Waals surface area contributed by atoms with Crippen molar-refractivity contribution in [3.63, 3.8) is 0 Å². The van der Waals surface area contributed by atoms with E-state index in [-0.39, 0.29) is 12.5 Å². The van der Waals surface area contributed by atoms with Crippen molar-refractivity contribution < 1.29 is 9.90 Å². The van der Waals surface area contributed by atoms with Gasteiger partial charge in [-0.05, 0) is 51.2 Å². The van der Waals surface area contributed by atoms with Crippen molar-refractivity contribution in [2.24, 2.45) is 5.92 Å². The maximum absolute atomic E-state index is 12.3. The summed E-state index contributed by atoms with van der Waals surface area (Å²) in [6.45, 7) is 12.1. The first-order valence-electron chi connectivity index (χ1n) is 7.21. The topological polar surface area (TPSA) is 49.3 Å². The fourth-order valence-electron chi connectivity index (χ4n) is 2.85. The van der Waals surface area contributed by atoms with Crippen LogP contribution in [0, 0.1) is 26.7 Å². The molecule has 1 aromatic carbocycles. The zero-order valence-electron chi connectivity index (χ0n) is 13.5. The molecule has 0 aliphatic heterocycles. The highest BCUT2D eigenvalue weighted by atomic mass is 16.3. The van der Waals surface area contributed by atoms with Crippen LogP contribution >= 0.6 is 0 Å². The predicted molar refractivity (Wildman–Crippen MR) is 83.1 cm³/mol. The van der Waals surface area contributed by atoms with Crippen LogP contribution < -0.4 is 5.32 Å². The molecule has 0 aliphatic carbocycles. The number of aliphatic hydroxyl groups is 1. The molecule has 0 aliphatic rings. The average Bonchev–Trinajstić information content (AvgIpc) is 2.23. The lowest BCUT2D eigenvalue weighted by atomic mass is 9.94. The smallest absolute Gasteiger partial charge is 0.251 e. The summed E-state index contributed by atoms with van der Waals surface area (Å²) in [5.41, 5.74) is 2.96. The molecule has 1 amide bonds. The van der Waals surface area contributed by atoms with Gasteiger partial charge in [-0.1, -0.05) is 31.5 Å². The van der Waals surface area contributed by atoms with E-state index in [1.807, 2.05) is 32.9 Å². The lowest BCUT2D eigenvalue weighted by Crippen LogP contribution is -2.41. The van der Waals surface area contributed by atoms with E-state index in [1.165, 1.54) is 0 Å². The van der Waals surface area contributed by atoms with Crippen molar-refractivity contribution in [2.75, 3.05) is 6.54 Å². The van der Waals surface area contributed by atoms with Crippen LogP contribution in [0.2, 0.25) is 0 Å². The van der Waals surface area contributed by atoms with Gasteiger partial charge in [-0.2, -0.15) is 0 Å². The minimum atomic E-state index is -0.865. The highest BCUT2D eigenvalue weighted by Gasteiger charge is 2.23. The first-order valence-corrected chi connectivity index (χ1v) is 7.21. The first-order chi connectivity index (χ1) is 9.12. The molecule has 112 valence electrons. The minimum Gasteiger partial charge on any atom is -0.388 e. The molecule has 1 aromatic rings. The van der Waals surface area contributed by atoms with Gasteiger partial charge in [0.25, 0.3) is 5.91 Å². The summed E-state index contributed by atoms with van der Waals surface area (Å²) in [6, 6.07) is 4.02. The SMILES string of the molecule is Cc1cc(C)c(C(=O)NCC(C)(O)CC(C)C)c(C)c1. The molecule has 1 rings (SSSR count). The molecule has 0 spiro atoms. The monoisotopic (exact) mass is 277 g/mol. The molecular formula is C17H27NO2. The van der Waals surface area contributed by atoms with E-state index >= 15 is 0 Å². The molecule has 0 aromatic heterocycles. The molecule has 0 fully saturated rings. The molecular weight excluding hydrogens is 250 g/mol. The van der Waals surface area contributed by atoms with Gasteiger partial charge in [-0.15, -0.1) is 0 Å². The van der Waals surface area contributed by atoms with Gasteiger partial charge in [0.15, 0.2) is 0 Å². The highest BCUT2D eigenvalue weighted by molar-refractivity contribution is 5.97. The molecule has 3 heteroatoms. The van der Waals surface area contributed by atoms with Gasteiger partial charge in [0.05, 0.1) is 5.60 Å². The second-order valence-corrected chi connectivity index (χ2v) is 6.55. The third-order valence-corrected chi connectivity index (χ3v) is 3.38. The summed E-state index contributed by atoms with van der Waals surface area (Å²) >= 11 is 0. The summed E-state index contributed by atoms with van der Waals surface area (Å²) in [7, 11) is 0. The first kappa shape index (κ1) is 16.7. The van der Waals surface area contributed by atoms with Gasteiger partial charge >= 0.3 is 0 Å². The molecule has 3 nitrogen and oxygen atoms in total. The van der Waals surface area contributed by atoms with Crippen LogP contribution in [0.4, 0.5) is 0 Å². The Kier molecular flexibility index (Phi) is 5.35. The Morgan fingerprint density at radius 2 is 1.75 bits per heavy atom. The number of benzene rings is 1. The van der Waals surface area contributed by atoms with Crippen LogP contribution in [0.25, 0.3) is 0 Å². The molecule has 1 unspecified atom stereocenters. The van der Waals surface area contributed by atoms with Gasteiger partial charge in [-0.3, -0.25) is 4.79 Å². The van der Waals surface area contributed by atoms with E-state index in [0.29, 0.717) is 12.3 Å². The lowest BCUT2D eigenvalue weighted by molar-refractivity contribution is 0.0368. The van der Waals surface area contributed by atoms with Gasteiger partial charge in [-0.25, -0.2) is 0 Å². The summed E-state index contributed by atoms with van der Waals surface area (Å²) in [5.74, 6) is 0.286. The third-order valence-electron chi connectivity index (χ3n) is 3.38. The Balaban J connectivity index is 2.78. The third kappa shape index (κ3) is 4.64. The molecule has 1 atom stereocenters. The van der Waals surface area contributed by atoms with Crippen molar-refractivity contribution in [2.45, 2.75) is 53.6 Å². The van der Waals surface area contributed by atoms with E-state index < -0.39 is 5.60 Å². The maximum atomic E-state index is 12.3. The molecule has 2 N–H and O–H groups in total. The molecule has 20 heavy (non-hydrogen) atoms. The Morgan fingerprint density at radius 1 is 1.25 bits per heavy atom. The number of hydrogen-bond acceptors (Lipinski definition) is 2. The molecule has 0 radical (unpaired) electrons. The van der Waals surface area contributed by atoms with Crippen LogP contribution in [0.3, 0.4) is 0 Å². The summed E-state index contributed by atoms with van der Waals surface area (Å²) in [5, 5.41) is 13.1. The van der Waals surface area contributed by atoms with Crippen molar-refractivity contribution in [1.82, 2.24) is 5.32 Å². The molecule has 0 saturated carbocycles. The number of aryl methyl sites for hydroxylation is 3. The number of amides is 1. The van der Waals surface area contributed by atoms with Crippen molar-refractivity contribution >= 4 is 5.91 Å². The Labute approximate surface area is 122 Å². The molecule has 0 saturated heterocycles. The van der Waals surface area contributed by atoms with E-state index in [1.54, 1.807) is 6.92 Å². The molecule has 0 bridgehead atoms. The van der Waals surface area contributed by atoms with Gasteiger partial charge in [0, 0.05) is 12.1 Å². The van der Waals surface area contributed by atoms with E-state index in [2.05, 4.69) is 19.2 Å². The maximum Gasteiger partial charge on any atom is 0.251 e. The standard InChI is InChI=1S/C17H27NO2/c1-11(2)9-17(6,20)10-18-16(19)15-13(4)7-12(3)8-14(15)5/h7-8,11,20H,9-10H2,1-6H3,(H,18,19). The van der Waals surface area contributed by atoms with Gasteiger partial charge in [0.2, 0.25) is 0 Å². The van der Waals surface area contributed by atoms with Crippen molar-refractivity contribution in [3.05, 3.63) is 34.4 Å². The zero-order valence-corrected chi connectivity index (χ0v) is 13.5. The molecule has 0 heterocycles. The average molecular weight is 277 g/mol. The van der Waals surface area contributed by atoms with Crippen molar-refractivity contribution in [1.29, 1.82) is 0 Å². The Hall–Kier alpha value is -1.35. The van der Waals surface area contributed by atoms with Crippen LogP contribution in [0.1, 0.15) is 54.2 Å². The lowest BCUT2D eigenvalue weighted by Gasteiger charge is -2.26. The van der Waals surface area contributed by atoms with Crippen LogP contribution in [-0.4, -0.2) is 23.2 Å². The highest BCUT2D eigenvalue weighted by Crippen LogP contribution is 2.18. The normalized spacial score (nSPS) is 14.2. The second-order valence-electron chi connectivity index (χ2n) is 6.55. The number of rotatable bonds is 5. The van der Waals surface area contributed by atoms with E-state index in [0.717, 1.165) is 22.3 Å². The summed E-state index contributed by atoms with van der Waals surface area (Å²) in [6.07, 6.45) is 0.666. The minimum absolute atomic E-state index is 0.107. The zero-order chi connectivity index (χ0) is 15.5. The van der Waals surface area contributed by atoms with E-state index in [9.17, 15) is 9.90 Å². The van der Waals surface area contributed by atoms with Gasteiger partial charge < -0.3 is 10.4 Å². The summed E-state index contributed by atoms with van der Waals surface area (Å²) in [4.78, 5) is 12.3. The van der Waals surface area contributed by atoms with E-state index in [4.69, 9.17) is 0 Å². The number of hydrogen-bond donors (Lipinski definition) is 2. The quantitative estimate of drug-likeness (QED) is 0.868. The Bertz CT molecular complexity index is 467. The van der Waals surface area contributed by atoms with Crippen molar-refractivity contribution in [3.8, 4) is 0 Å². The Morgan fingerprint density at radius 3 is 2.20 bits per heavy atom. The number of nitrogens with one attached hydrogen (secondary N) is 1. The summed E-state index contributed by atoms with van der Waals surface area (Å²) < 4.78 is 0. The van der Waals surface area contributed by atoms with Crippen LogP contribution in [-0.2, 0) is 0 Å². The van der Waals surface area contributed by atoms with Gasteiger partial charge in [0.1, 0.15) is 0 Å². The largest absolute Gasteiger partial charge is 0.388 e. The predicted octanol–water partition coefficient (Wildman–Crippen LogP) is 3.14. The fraction of sp³-hybridized carbons (Fsp3) is 0.588. The second kappa shape index (κ2) is 6.40. The fourth-order valence-corrected chi connectivity index (χ4v) is 2.85. The number of carbonyl (C=O) groups is 1. The van der Waals surface area contributed by atoms with Crippen LogP contribution in [0.5, 0.6) is 0 Å². The number of carbonyl (C=O) groups excluding carboxylic acids is 1.